The van der Waals surface area contributed by atoms with E-state index >= 15 is 0 Å². The first-order valence-corrected chi connectivity index (χ1v) is 5.77. The summed E-state index contributed by atoms with van der Waals surface area (Å²) in [7, 11) is 1.39. The second kappa shape index (κ2) is 5.90. The molecule has 1 aromatic heterocycles. The van der Waals surface area contributed by atoms with Crippen molar-refractivity contribution in [1.82, 2.24) is 9.97 Å². The van der Waals surface area contributed by atoms with Crippen molar-refractivity contribution in [3.63, 3.8) is 0 Å². The van der Waals surface area contributed by atoms with Crippen molar-refractivity contribution in [1.29, 1.82) is 0 Å². The predicted molar refractivity (Wildman–Crippen MR) is 71.7 cm³/mol. The van der Waals surface area contributed by atoms with E-state index in [1.807, 2.05) is 4.98 Å². The van der Waals surface area contributed by atoms with Crippen molar-refractivity contribution in [2.45, 2.75) is 6.61 Å². The van der Waals surface area contributed by atoms with Gasteiger partial charge in [0.1, 0.15) is 12.4 Å². The Labute approximate surface area is 117 Å². The lowest BCUT2D eigenvalue weighted by Gasteiger charge is -2.07. The van der Waals surface area contributed by atoms with E-state index in [1.54, 1.807) is 0 Å². The highest BCUT2D eigenvalue weighted by Crippen LogP contribution is 2.31. The van der Waals surface area contributed by atoms with Crippen LogP contribution in [-0.2, 0) is 6.61 Å². The fourth-order valence-corrected chi connectivity index (χ4v) is 1.59. The average Bonchev–Trinajstić information content (AvgIpc) is 2.46. The monoisotopic (exact) mass is 293 g/mol. The quantitative estimate of drug-likeness (QED) is 0.612. The summed E-state index contributed by atoms with van der Waals surface area (Å²) in [5.41, 5.74) is -1.40. The zero-order valence-electron chi connectivity index (χ0n) is 10.9. The minimum absolute atomic E-state index is 0.00796. The summed E-state index contributed by atoms with van der Waals surface area (Å²) < 4.78 is 10.2. The lowest BCUT2D eigenvalue weighted by Crippen LogP contribution is -2.25. The Balaban J connectivity index is 2.25. The summed E-state index contributed by atoms with van der Waals surface area (Å²) in [5.74, 6) is 0.308. The number of ether oxygens (including phenoxy) is 2. The molecule has 0 aliphatic rings. The van der Waals surface area contributed by atoms with Gasteiger partial charge in [-0.15, -0.1) is 0 Å². The number of H-pyrrole nitrogens is 2. The molecule has 0 aliphatic heterocycles. The molecular weight excluding hydrogens is 282 g/mol. The van der Waals surface area contributed by atoms with E-state index < -0.39 is 16.2 Å². The standard InChI is InChI=1S/C12H11N3O6/c1-20-8-2-3-10(9(4-8)15(18)19)21-6-7-5-13-12(17)14-11(7)16/h2-5H,6H2,1H3,(H2,13,14,16,17). The maximum absolute atomic E-state index is 11.5. The third-order valence-electron chi connectivity index (χ3n) is 2.64. The van der Waals surface area contributed by atoms with Crippen LogP contribution in [0.4, 0.5) is 5.69 Å². The number of hydrogen-bond acceptors (Lipinski definition) is 6. The van der Waals surface area contributed by atoms with Gasteiger partial charge in [0.2, 0.25) is 0 Å². The van der Waals surface area contributed by atoms with Crippen LogP contribution in [0.5, 0.6) is 11.5 Å². The lowest BCUT2D eigenvalue weighted by molar-refractivity contribution is -0.386. The van der Waals surface area contributed by atoms with Crippen molar-refractivity contribution < 1.29 is 14.4 Å². The molecule has 1 heterocycles. The van der Waals surface area contributed by atoms with Gasteiger partial charge in [-0.25, -0.2) is 4.79 Å². The minimum Gasteiger partial charge on any atom is -0.496 e. The van der Waals surface area contributed by atoms with E-state index in [9.17, 15) is 19.7 Å². The van der Waals surface area contributed by atoms with E-state index in [2.05, 4.69) is 4.98 Å². The number of nitro groups is 1. The molecule has 0 amide bonds. The van der Waals surface area contributed by atoms with Crippen molar-refractivity contribution in [3.8, 4) is 11.5 Å². The highest BCUT2D eigenvalue weighted by atomic mass is 16.6. The van der Waals surface area contributed by atoms with Crippen LogP contribution in [0.1, 0.15) is 5.56 Å². The molecule has 21 heavy (non-hydrogen) atoms. The molecule has 2 rings (SSSR count). The van der Waals surface area contributed by atoms with Gasteiger partial charge >= 0.3 is 11.4 Å². The van der Waals surface area contributed by atoms with Gasteiger partial charge in [-0.2, -0.15) is 0 Å². The third kappa shape index (κ3) is 3.26. The van der Waals surface area contributed by atoms with Crippen LogP contribution in [0.15, 0.2) is 34.0 Å². The highest BCUT2D eigenvalue weighted by molar-refractivity contribution is 5.50. The molecule has 0 saturated heterocycles. The van der Waals surface area contributed by atoms with Crippen LogP contribution in [0.3, 0.4) is 0 Å². The van der Waals surface area contributed by atoms with Gasteiger partial charge in [0.05, 0.1) is 23.7 Å². The molecule has 0 atom stereocenters. The van der Waals surface area contributed by atoms with E-state index in [4.69, 9.17) is 9.47 Å². The largest absolute Gasteiger partial charge is 0.496 e. The van der Waals surface area contributed by atoms with Gasteiger partial charge in [-0.3, -0.25) is 19.9 Å². The zero-order valence-corrected chi connectivity index (χ0v) is 10.9. The molecule has 9 heteroatoms. The second-order valence-corrected chi connectivity index (χ2v) is 3.98. The Bertz CT molecular complexity index is 779. The molecule has 0 saturated carbocycles. The molecule has 9 nitrogen and oxygen atoms in total. The van der Waals surface area contributed by atoms with Gasteiger partial charge in [-0.05, 0) is 12.1 Å². The SMILES string of the molecule is COc1ccc(OCc2c[nH]c(=O)[nH]c2=O)c([N+](=O)[O-])c1. The number of methoxy groups -OCH3 is 1. The lowest BCUT2D eigenvalue weighted by atomic mass is 10.2. The molecule has 0 radical (unpaired) electrons. The van der Waals surface area contributed by atoms with Crippen molar-refractivity contribution in [2.24, 2.45) is 0 Å². The third-order valence-corrected chi connectivity index (χ3v) is 2.64. The molecule has 0 unspecified atom stereocenters. The summed E-state index contributed by atoms with van der Waals surface area (Å²) >= 11 is 0. The first-order chi connectivity index (χ1) is 10.0. The number of aromatic amines is 2. The fourth-order valence-electron chi connectivity index (χ4n) is 1.59. The maximum Gasteiger partial charge on any atom is 0.325 e. The molecule has 1 aromatic carbocycles. The molecule has 110 valence electrons. The van der Waals surface area contributed by atoms with Gasteiger partial charge in [0.25, 0.3) is 5.56 Å². The Morgan fingerprint density at radius 1 is 1.33 bits per heavy atom. The molecule has 2 N–H and O–H groups in total. The number of benzene rings is 1. The normalized spacial score (nSPS) is 10.1. The number of nitrogens with zero attached hydrogens (tertiary/aromatic N) is 1. The molecule has 0 bridgehead atoms. The first-order valence-electron chi connectivity index (χ1n) is 5.77. The first kappa shape index (κ1) is 14.3. The summed E-state index contributed by atoms with van der Waals surface area (Å²) in [6.45, 7) is -0.223. The number of nitrogens with one attached hydrogen (secondary N) is 2. The van der Waals surface area contributed by atoms with Crippen LogP contribution in [0, 0.1) is 10.1 Å². The van der Waals surface area contributed by atoms with E-state index in [0.717, 1.165) is 0 Å². The average molecular weight is 293 g/mol. The van der Waals surface area contributed by atoms with E-state index in [-0.39, 0.29) is 23.6 Å². The smallest absolute Gasteiger partial charge is 0.325 e. The number of aromatic nitrogens is 2. The molecule has 2 aromatic rings. The maximum atomic E-state index is 11.5. The topological polar surface area (TPSA) is 127 Å². The van der Waals surface area contributed by atoms with Gasteiger partial charge in [0.15, 0.2) is 5.75 Å². The van der Waals surface area contributed by atoms with E-state index in [0.29, 0.717) is 5.75 Å². The van der Waals surface area contributed by atoms with Crippen LogP contribution >= 0.6 is 0 Å². The van der Waals surface area contributed by atoms with Gasteiger partial charge in [-0.1, -0.05) is 0 Å². The van der Waals surface area contributed by atoms with Crippen molar-refractivity contribution in [3.05, 3.63) is 60.9 Å². The van der Waals surface area contributed by atoms with Crippen molar-refractivity contribution >= 4 is 5.69 Å². The molecule has 0 aliphatic carbocycles. The number of nitro benzene ring substituents is 1. The zero-order chi connectivity index (χ0) is 15.4. The summed E-state index contributed by atoms with van der Waals surface area (Å²) in [4.78, 5) is 37.0. The second-order valence-electron chi connectivity index (χ2n) is 3.98. The van der Waals surface area contributed by atoms with Crippen LogP contribution in [0.2, 0.25) is 0 Å². The van der Waals surface area contributed by atoms with Gasteiger partial charge < -0.3 is 14.5 Å². The Morgan fingerprint density at radius 2 is 2.10 bits per heavy atom. The molecular formula is C12H11N3O6. The Kier molecular flexibility index (Phi) is 4.02. The van der Waals surface area contributed by atoms with Crippen LogP contribution in [0.25, 0.3) is 0 Å². The minimum atomic E-state index is -0.640. The van der Waals surface area contributed by atoms with E-state index in [1.165, 1.54) is 31.5 Å². The number of hydrogen-bond donors (Lipinski definition) is 2. The van der Waals surface area contributed by atoms with Crippen molar-refractivity contribution in [2.75, 3.05) is 7.11 Å². The van der Waals surface area contributed by atoms with Crippen LogP contribution in [-0.4, -0.2) is 22.0 Å². The fraction of sp³-hybridized carbons (Fsp3) is 0.167. The molecule has 0 spiro atoms. The molecule has 0 fully saturated rings. The van der Waals surface area contributed by atoms with Crippen LogP contribution < -0.4 is 20.7 Å². The summed E-state index contributed by atoms with van der Waals surface area (Å²) in [6, 6.07) is 4.09. The highest BCUT2D eigenvalue weighted by Gasteiger charge is 2.17. The van der Waals surface area contributed by atoms with Gasteiger partial charge in [0, 0.05) is 6.20 Å². The Hall–Kier alpha value is -3.10. The summed E-state index contributed by atoms with van der Waals surface area (Å²) in [6.07, 6.45) is 1.19. The predicted octanol–water partition coefficient (Wildman–Crippen LogP) is 0.559. The summed E-state index contributed by atoms with van der Waals surface area (Å²) in [5, 5.41) is 11.0. The number of rotatable bonds is 5. The Morgan fingerprint density at radius 3 is 2.71 bits per heavy atom.